The molecule has 1 aromatic carbocycles. The van der Waals surface area contributed by atoms with Gasteiger partial charge in [0.2, 0.25) is 5.91 Å². The van der Waals surface area contributed by atoms with Gasteiger partial charge >= 0.3 is 0 Å². The number of methoxy groups -OCH3 is 1. The van der Waals surface area contributed by atoms with E-state index >= 15 is 0 Å². The Hall–Kier alpha value is -2.92. The monoisotopic (exact) mass is 357 g/mol. The van der Waals surface area contributed by atoms with Gasteiger partial charge in [-0.3, -0.25) is 9.89 Å². The first kappa shape index (κ1) is 17.9. The molecule has 1 aromatic heterocycles. The Kier molecular flexibility index (Phi) is 5.49. The molecular weight excluding hydrogens is 337 g/mol. The van der Waals surface area contributed by atoms with E-state index in [9.17, 15) is 14.4 Å². The van der Waals surface area contributed by atoms with Crippen LogP contribution in [-0.4, -0.2) is 42.9 Å². The Bertz CT molecular complexity index is 829. The Morgan fingerprint density at radius 3 is 3.19 bits per heavy atom. The number of piperidine rings is 1. The number of anilines is 2. The number of hydrogen-bond acceptors (Lipinski definition) is 5. The van der Waals surface area contributed by atoms with Crippen LogP contribution in [0.2, 0.25) is 0 Å². The summed E-state index contributed by atoms with van der Waals surface area (Å²) in [7, 11) is 1.46. The predicted molar refractivity (Wildman–Crippen MR) is 94.4 cm³/mol. The molecule has 3 rings (SSSR count). The molecule has 0 unspecified atom stereocenters. The average Bonchev–Trinajstić information content (AvgIpc) is 3.10. The van der Waals surface area contributed by atoms with Crippen molar-refractivity contribution in [1.82, 2.24) is 10.2 Å². The Morgan fingerprint density at radius 2 is 2.42 bits per heavy atom. The van der Waals surface area contributed by atoms with Crippen LogP contribution in [0.5, 0.6) is 0 Å². The SMILES string of the molecule is COCC(=O)Nc1cn[nH]c1[C@H]1CCCN(c2cccc(F)c2C#N)C1. The zero-order chi connectivity index (χ0) is 18.5. The third-order valence-electron chi connectivity index (χ3n) is 4.49. The highest BCUT2D eigenvalue weighted by Gasteiger charge is 2.27. The number of ether oxygens (including phenoxy) is 1. The summed E-state index contributed by atoms with van der Waals surface area (Å²) in [6, 6.07) is 6.62. The number of nitriles is 1. The average molecular weight is 357 g/mol. The molecule has 136 valence electrons. The van der Waals surface area contributed by atoms with Crippen LogP contribution in [0.25, 0.3) is 0 Å². The van der Waals surface area contributed by atoms with E-state index in [1.807, 2.05) is 11.0 Å². The van der Waals surface area contributed by atoms with Crippen molar-refractivity contribution in [3.8, 4) is 6.07 Å². The van der Waals surface area contributed by atoms with Gasteiger partial charge in [-0.25, -0.2) is 4.39 Å². The summed E-state index contributed by atoms with van der Waals surface area (Å²) in [6.07, 6.45) is 3.37. The number of aromatic amines is 1. The van der Waals surface area contributed by atoms with Gasteiger partial charge < -0.3 is 15.0 Å². The lowest BCUT2D eigenvalue weighted by Crippen LogP contribution is -2.35. The molecule has 26 heavy (non-hydrogen) atoms. The Labute approximate surface area is 150 Å². The fourth-order valence-corrected chi connectivity index (χ4v) is 3.34. The van der Waals surface area contributed by atoms with Gasteiger partial charge in [0.25, 0.3) is 0 Å². The molecule has 1 aliphatic rings. The largest absolute Gasteiger partial charge is 0.375 e. The minimum atomic E-state index is -0.513. The van der Waals surface area contributed by atoms with Crippen LogP contribution < -0.4 is 10.2 Å². The molecule has 0 bridgehead atoms. The Morgan fingerprint density at radius 1 is 1.58 bits per heavy atom. The van der Waals surface area contributed by atoms with Gasteiger partial charge in [-0.2, -0.15) is 10.4 Å². The maximum absolute atomic E-state index is 13.9. The summed E-state index contributed by atoms with van der Waals surface area (Å²) >= 11 is 0. The highest BCUT2D eigenvalue weighted by Crippen LogP contribution is 2.34. The molecule has 7 nitrogen and oxygen atoms in total. The molecule has 0 spiro atoms. The molecule has 0 aliphatic carbocycles. The summed E-state index contributed by atoms with van der Waals surface area (Å²) in [5, 5.41) is 19.1. The van der Waals surface area contributed by atoms with E-state index in [0.29, 0.717) is 17.9 Å². The molecule has 1 amide bonds. The minimum absolute atomic E-state index is 0.0315. The molecule has 1 fully saturated rings. The highest BCUT2D eigenvalue weighted by molar-refractivity contribution is 5.92. The van der Waals surface area contributed by atoms with Crippen LogP contribution in [0.15, 0.2) is 24.4 Å². The van der Waals surface area contributed by atoms with Crippen LogP contribution in [0.3, 0.4) is 0 Å². The fourth-order valence-electron chi connectivity index (χ4n) is 3.34. The molecule has 8 heteroatoms. The molecule has 1 saturated heterocycles. The maximum atomic E-state index is 13.9. The molecule has 2 N–H and O–H groups in total. The van der Waals surface area contributed by atoms with E-state index in [-0.39, 0.29) is 24.0 Å². The van der Waals surface area contributed by atoms with Crippen molar-refractivity contribution in [2.45, 2.75) is 18.8 Å². The molecule has 0 saturated carbocycles. The van der Waals surface area contributed by atoms with E-state index in [4.69, 9.17) is 4.74 Å². The number of amides is 1. The zero-order valence-corrected chi connectivity index (χ0v) is 14.5. The van der Waals surface area contributed by atoms with Crippen molar-refractivity contribution < 1.29 is 13.9 Å². The van der Waals surface area contributed by atoms with Gasteiger partial charge in [-0.15, -0.1) is 0 Å². The first-order valence-electron chi connectivity index (χ1n) is 8.39. The van der Waals surface area contributed by atoms with Gasteiger partial charge in [0, 0.05) is 26.1 Å². The molecule has 1 aliphatic heterocycles. The van der Waals surface area contributed by atoms with Gasteiger partial charge in [0.05, 0.1) is 23.3 Å². The summed E-state index contributed by atoms with van der Waals surface area (Å²) in [6.45, 7) is 1.32. The van der Waals surface area contributed by atoms with Crippen molar-refractivity contribution >= 4 is 17.3 Å². The number of halogens is 1. The van der Waals surface area contributed by atoms with Crippen LogP contribution in [-0.2, 0) is 9.53 Å². The number of nitrogens with zero attached hydrogens (tertiary/aromatic N) is 3. The number of rotatable bonds is 5. The number of carbonyl (C=O) groups excluding carboxylic acids is 1. The number of carbonyl (C=O) groups is 1. The van der Waals surface area contributed by atoms with E-state index in [1.165, 1.54) is 13.2 Å². The molecule has 2 heterocycles. The second-order valence-corrected chi connectivity index (χ2v) is 6.21. The van der Waals surface area contributed by atoms with Crippen LogP contribution in [0.1, 0.15) is 30.0 Å². The van der Waals surface area contributed by atoms with Crippen molar-refractivity contribution in [3.63, 3.8) is 0 Å². The summed E-state index contributed by atoms with van der Waals surface area (Å²) in [5.41, 5.74) is 2.11. The second-order valence-electron chi connectivity index (χ2n) is 6.21. The minimum Gasteiger partial charge on any atom is -0.375 e. The van der Waals surface area contributed by atoms with Gasteiger partial charge in [0.15, 0.2) is 0 Å². The van der Waals surface area contributed by atoms with Crippen LogP contribution >= 0.6 is 0 Å². The Balaban J connectivity index is 1.80. The van der Waals surface area contributed by atoms with Crippen molar-refractivity contribution in [1.29, 1.82) is 5.26 Å². The standard InChI is InChI=1S/C18H20FN5O2/c1-26-11-17(25)22-15-9-21-23-18(15)12-4-3-7-24(10-12)16-6-2-5-14(19)13(16)8-20/h2,5-6,9,12H,3-4,7,10-11H2,1H3,(H,21,23)(H,22,25)/t12-/m0/s1. The third kappa shape index (κ3) is 3.68. The van der Waals surface area contributed by atoms with Crippen LogP contribution in [0.4, 0.5) is 15.8 Å². The molecular formula is C18H20FN5O2. The topological polar surface area (TPSA) is 94.0 Å². The first-order chi connectivity index (χ1) is 12.6. The normalized spacial score (nSPS) is 17.0. The predicted octanol–water partition coefficient (Wildman–Crippen LogP) is 2.39. The number of H-pyrrole nitrogens is 1. The van der Waals surface area contributed by atoms with E-state index in [1.54, 1.807) is 18.3 Å². The van der Waals surface area contributed by atoms with Crippen molar-refractivity contribution in [3.05, 3.63) is 41.5 Å². The van der Waals surface area contributed by atoms with E-state index in [2.05, 4.69) is 15.5 Å². The van der Waals surface area contributed by atoms with Gasteiger partial charge in [-0.05, 0) is 25.0 Å². The van der Waals surface area contributed by atoms with Crippen LogP contribution in [0, 0.1) is 17.1 Å². The van der Waals surface area contributed by atoms with E-state index < -0.39 is 5.82 Å². The maximum Gasteiger partial charge on any atom is 0.250 e. The molecule has 1 atom stereocenters. The molecule has 0 radical (unpaired) electrons. The van der Waals surface area contributed by atoms with Gasteiger partial charge in [0.1, 0.15) is 24.1 Å². The summed E-state index contributed by atoms with van der Waals surface area (Å²) in [4.78, 5) is 13.8. The zero-order valence-electron chi connectivity index (χ0n) is 14.5. The second kappa shape index (κ2) is 7.97. The summed E-state index contributed by atoms with van der Waals surface area (Å²) < 4.78 is 18.8. The van der Waals surface area contributed by atoms with Crippen molar-refractivity contribution in [2.75, 3.05) is 37.0 Å². The quantitative estimate of drug-likeness (QED) is 0.857. The highest BCUT2D eigenvalue weighted by atomic mass is 19.1. The number of aromatic nitrogens is 2. The van der Waals surface area contributed by atoms with E-state index in [0.717, 1.165) is 25.1 Å². The number of hydrogen-bond donors (Lipinski definition) is 2. The smallest absolute Gasteiger partial charge is 0.250 e. The fraction of sp³-hybridized carbons (Fsp3) is 0.389. The van der Waals surface area contributed by atoms with Gasteiger partial charge in [-0.1, -0.05) is 6.07 Å². The van der Waals surface area contributed by atoms with Crippen molar-refractivity contribution in [2.24, 2.45) is 0 Å². The lowest BCUT2D eigenvalue weighted by Gasteiger charge is -2.34. The number of nitrogens with one attached hydrogen (secondary N) is 2. The number of benzene rings is 1. The third-order valence-corrected chi connectivity index (χ3v) is 4.49. The summed E-state index contributed by atoms with van der Waals surface area (Å²) in [5.74, 6) is -0.681. The lowest BCUT2D eigenvalue weighted by molar-refractivity contribution is -0.119. The molecule has 2 aromatic rings. The lowest BCUT2D eigenvalue weighted by atomic mass is 9.93. The first-order valence-corrected chi connectivity index (χ1v) is 8.39.